The van der Waals surface area contributed by atoms with Crippen molar-refractivity contribution < 1.29 is 4.79 Å². The Bertz CT molecular complexity index is 929. The second-order valence-corrected chi connectivity index (χ2v) is 9.14. The van der Waals surface area contributed by atoms with Crippen LogP contribution in [0.25, 0.3) is 0 Å². The van der Waals surface area contributed by atoms with Crippen molar-refractivity contribution in [1.29, 1.82) is 0 Å². The SMILES string of the molecule is CC(C)CC[C@H]1[C@H]2C[C@H](CN(C(=O)CCc3ccnn3C)C2)c2cccc(=O)n21. The molecule has 2 aromatic heterocycles. The quantitative estimate of drug-likeness (QED) is 0.754. The fourth-order valence-corrected chi connectivity index (χ4v) is 5.16. The summed E-state index contributed by atoms with van der Waals surface area (Å²) in [6, 6.07) is 7.82. The number of pyridine rings is 1. The zero-order valence-corrected chi connectivity index (χ0v) is 17.8. The lowest BCUT2D eigenvalue weighted by Crippen LogP contribution is -2.51. The number of piperidine rings is 1. The molecule has 4 rings (SSSR count). The maximum Gasteiger partial charge on any atom is 0.250 e. The van der Waals surface area contributed by atoms with Crippen LogP contribution in [0.4, 0.5) is 0 Å². The monoisotopic (exact) mass is 396 g/mol. The van der Waals surface area contributed by atoms with Crippen LogP contribution >= 0.6 is 0 Å². The van der Waals surface area contributed by atoms with E-state index in [0.717, 1.165) is 43.7 Å². The predicted molar refractivity (Wildman–Crippen MR) is 113 cm³/mol. The minimum absolute atomic E-state index is 0.113. The summed E-state index contributed by atoms with van der Waals surface area (Å²) in [5.41, 5.74) is 2.32. The van der Waals surface area contributed by atoms with Crippen LogP contribution in [-0.4, -0.2) is 38.2 Å². The van der Waals surface area contributed by atoms with E-state index in [4.69, 9.17) is 0 Å². The van der Waals surface area contributed by atoms with Gasteiger partial charge in [-0.3, -0.25) is 14.3 Å². The van der Waals surface area contributed by atoms with E-state index in [1.54, 1.807) is 12.3 Å². The van der Waals surface area contributed by atoms with Gasteiger partial charge in [0.05, 0.1) is 0 Å². The highest BCUT2D eigenvalue weighted by Gasteiger charge is 2.41. The van der Waals surface area contributed by atoms with Gasteiger partial charge >= 0.3 is 0 Å². The van der Waals surface area contributed by atoms with Crippen molar-refractivity contribution in [3.8, 4) is 0 Å². The fraction of sp³-hybridized carbons (Fsp3) is 0.609. The number of rotatable bonds is 6. The molecule has 2 aliphatic heterocycles. The predicted octanol–water partition coefficient (Wildman–Crippen LogP) is 3.14. The molecule has 0 aromatic carbocycles. The fourth-order valence-electron chi connectivity index (χ4n) is 5.16. The molecule has 156 valence electrons. The largest absolute Gasteiger partial charge is 0.342 e. The van der Waals surface area contributed by atoms with Crippen LogP contribution in [0.5, 0.6) is 0 Å². The van der Waals surface area contributed by atoms with Crippen LogP contribution in [0.3, 0.4) is 0 Å². The summed E-state index contributed by atoms with van der Waals surface area (Å²) in [5, 5.41) is 4.19. The van der Waals surface area contributed by atoms with E-state index in [0.29, 0.717) is 24.7 Å². The minimum atomic E-state index is 0.113. The van der Waals surface area contributed by atoms with Crippen LogP contribution in [0.15, 0.2) is 35.3 Å². The zero-order valence-electron chi connectivity index (χ0n) is 17.8. The van der Waals surface area contributed by atoms with Crippen molar-refractivity contribution in [2.45, 2.75) is 57.9 Å². The Morgan fingerprint density at radius 2 is 2.07 bits per heavy atom. The minimum Gasteiger partial charge on any atom is -0.342 e. The van der Waals surface area contributed by atoms with Gasteiger partial charge in [0.2, 0.25) is 5.91 Å². The lowest BCUT2D eigenvalue weighted by molar-refractivity contribution is -0.134. The number of fused-ring (bicyclic) bond motifs is 4. The van der Waals surface area contributed by atoms with Gasteiger partial charge in [0.1, 0.15) is 0 Å². The Labute approximate surface area is 172 Å². The average Bonchev–Trinajstić information content (AvgIpc) is 3.11. The molecule has 2 aromatic rings. The third-order valence-corrected chi connectivity index (χ3v) is 6.71. The molecule has 6 heteroatoms. The van der Waals surface area contributed by atoms with Crippen molar-refractivity contribution in [3.05, 3.63) is 52.2 Å². The Balaban J connectivity index is 1.53. The first-order valence-corrected chi connectivity index (χ1v) is 10.9. The van der Waals surface area contributed by atoms with Gasteiger partial charge in [-0.15, -0.1) is 0 Å². The number of carbonyl (C=O) groups is 1. The van der Waals surface area contributed by atoms with Gasteiger partial charge in [0.15, 0.2) is 0 Å². The summed E-state index contributed by atoms with van der Waals surface area (Å²) < 4.78 is 3.89. The van der Waals surface area contributed by atoms with E-state index in [1.165, 1.54) is 0 Å². The Morgan fingerprint density at radius 1 is 1.24 bits per heavy atom. The van der Waals surface area contributed by atoms with Crippen molar-refractivity contribution in [1.82, 2.24) is 19.2 Å². The van der Waals surface area contributed by atoms with Crippen LogP contribution in [0, 0.1) is 11.8 Å². The topological polar surface area (TPSA) is 60.1 Å². The van der Waals surface area contributed by atoms with E-state index in [-0.39, 0.29) is 23.4 Å². The molecule has 0 N–H and O–H groups in total. The third kappa shape index (κ3) is 4.02. The van der Waals surface area contributed by atoms with Gasteiger partial charge < -0.3 is 9.47 Å². The van der Waals surface area contributed by atoms with Crippen molar-refractivity contribution in [2.75, 3.05) is 13.1 Å². The van der Waals surface area contributed by atoms with Gasteiger partial charge in [0, 0.05) is 62.2 Å². The maximum atomic E-state index is 13.0. The Morgan fingerprint density at radius 3 is 2.79 bits per heavy atom. The first-order valence-electron chi connectivity index (χ1n) is 10.9. The standard InChI is InChI=1S/C23H32N4O2/c1-16(2)7-9-21-18-13-17(20-5-4-6-23(29)27(20)21)14-26(15-18)22(28)10-8-19-11-12-24-25(19)3/h4-6,11-12,16-18,21H,7-10,13-15H2,1-3H3/t17-,18+,21+/m1/s1. The second kappa shape index (κ2) is 8.17. The van der Waals surface area contributed by atoms with E-state index >= 15 is 0 Å². The van der Waals surface area contributed by atoms with E-state index in [1.807, 2.05) is 23.9 Å². The van der Waals surface area contributed by atoms with Crippen LogP contribution in [0.1, 0.15) is 62.9 Å². The highest BCUT2D eigenvalue weighted by atomic mass is 16.2. The number of aryl methyl sites for hydroxylation is 2. The number of carbonyl (C=O) groups excluding carboxylic acids is 1. The summed E-state index contributed by atoms with van der Waals surface area (Å²) >= 11 is 0. The number of likely N-dealkylation sites (tertiary alicyclic amines) is 1. The molecule has 4 heterocycles. The van der Waals surface area contributed by atoms with Gasteiger partial charge in [-0.05, 0) is 49.7 Å². The summed E-state index contributed by atoms with van der Waals surface area (Å²) in [4.78, 5) is 27.8. The second-order valence-electron chi connectivity index (χ2n) is 9.14. The maximum absolute atomic E-state index is 13.0. The average molecular weight is 397 g/mol. The van der Waals surface area contributed by atoms with Crippen molar-refractivity contribution in [2.24, 2.45) is 18.9 Å². The number of amides is 1. The highest BCUT2D eigenvalue weighted by molar-refractivity contribution is 5.76. The normalized spacial score (nSPS) is 23.3. The molecule has 29 heavy (non-hydrogen) atoms. The van der Waals surface area contributed by atoms with Gasteiger partial charge in [-0.25, -0.2) is 0 Å². The summed E-state index contributed by atoms with van der Waals surface area (Å²) in [6.45, 7) is 5.95. The highest BCUT2D eigenvalue weighted by Crippen LogP contribution is 2.43. The molecule has 0 spiro atoms. The molecule has 3 atom stereocenters. The Kier molecular flexibility index (Phi) is 5.61. The Hall–Kier alpha value is -2.37. The van der Waals surface area contributed by atoms with Crippen LogP contribution < -0.4 is 5.56 Å². The summed E-state index contributed by atoms with van der Waals surface area (Å²) in [6.07, 6.45) is 6.19. The number of hydrogen-bond donors (Lipinski definition) is 0. The third-order valence-electron chi connectivity index (χ3n) is 6.71. The molecule has 0 saturated carbocycles. The lowest BCUT2D eigenvalue weighted by atomic mass is 9.76. The molecular weight excluding hydrogens is 364 g/mol. The molecule has 2 bridgehead atoms. The smallest absolute Gasteiger partial charge is 0.250 e. The summed E-state index contributed by atoms with van der Waals surface area (Å²) in [5.74, 6) is 1.45. The first-order chi connectivity index (χ1) is 13.9. The summed E-state index contributed by atoms with van der Waals surface area (Å²) in [7, 11) is 1.92. The van der Waals surface area contributed by atoms with Crippen molar-refractivity contribution >= 4 is 5.91 Å². The van der Waals surface area contributed by atoms with Gasteiger partial charge in [-0.2, -0.15) is 5.10 Å². The van der Waals surface area contributed by atoms with Gasteiger partial charge in [-0.1, -0.05) is 19.9 Å². The van der Waals surface area contributed by atoms with E-state index in [9.17, 15) is 9.59 Å². The number of aromatic nitrogens is 3. The van der Waals surface area contributed by atoms with Crippen LogP contribution in [0.2, 0.25) is 0 Å². The van der Waals surface area contributed by atoms with Crippen LogP contribution in [-0.2, 0) is 18.3 Å². The molecule has 0 unspecified atom stereocenters. The molecule has 0 radical (unpaired) electrons. The molecule has 1 amide bonds. The first kappa shape index (κ1) is 19.9. The molecule has 1 saturated heterocycles. The van der Waals surface area contributed by atoms with E-state index in [2.05, 4.69) is 34.5 Å². The molecule has 2 aliphatic rings. The molecule has 0 aliphatic carbocycles. The van der Waals surface area contributed by atoms with E-state index < -0.39 is 0 Å². The molecule has 6 nitrogen and oxygen atoms in total. The number of hydrogen-bond acceptors (Lipinski definition) is 3. The number of nitrogens with zero attached hydrogens (tertiary/aromatic N) is 4. The van der Waals surface area contributed by atoms with Gasteiger partial charge in [0.25, 0.3) is 5.56 Å². The molecular formula is C23H32N4O2. The van der Waals surface area contributed by atoms with Crippen molar-refractivity contribution in [3.63, 3.8) is 0 Å². The zero-order chi connectivity index (χ0) is 20.5. The lowest BCUT2D eigenvalue weighted by Gasteiger charge is -2.47. The molecule has 1 fully saturated rings.